The van der Waals surface area contributed by atoms with Crippen LogP contribution >= 0.6 is 23.2 Å². The highest BCUT2D eigenvalue weighted by Gasteiger charge is 2.30. The smallest absolute Gasteiger partial charge is 0.326 e. The molecule has 0 spiro atoms. The second-order valence-corrected chi connectivity index (χ2v) is 8.37. The van der Waals surface area contributed by atoms with E-state index in [9.17, 15) is 19.5 Å². The molecule has 0 saturated heterocycles. The van der Waals surface area contributed by atoms with Gasteiger partial charge in [0.05, 0.1) is 15.6 Å². The quantitative estimate of drug-likeness (QED) is 0.322. The van der Waals surface area contributed by atoms with Crippen molar-refractivity contribution in [3.05, 3.63) is 89.6 Å². The zero-order chi connectivity index (χ0) is 24.1. The summed E-state index contributed by atoms with van der Waals surface area (Å²) in [5.74, 6) is 4.33. The minimum Gasteiger partial charge on any atom is -0.480 e. The summed E-state index contributed by atoms with van der Waals surface area (Å²) in [6, 6.07) is 11.2. The molecule has 0 heterocycles. The fourth-order valence-electron chi connectivity index (χ4n) is 3.32. The van der Waals surface area contributed by atoms with Gasteiger partial charge in [0.2, 0.25) is 0 Å². The number of benzene rings is 2. The second kappa shape index (κ2) is 10.6. The van der Waals surface area contributed by atoms with Crippen LogP contribution < -0.4 is 21.5 Å². The predicted octanol–water partition coefficient (Wildman–Crippen LogP) is 4.48. The normalized spacial score (nSPS) is 12.5. The number of carboxylic acids is 1. The molecule has 0 radical (unpaired) electrons. The van der Waals surface area contributed by atoms with Crippen molar-refractivity contribution in [2.45, 2.75) is 32.2 Å². The third-order valence-electron chi connectivity index (χ3n) is 5.26. The van der Waals surface area contributed by atoms with E-state index >= 15 is 0 Å². The van der Waals surface area contributed by atoms with Gasteiger partial charge in [0.25, 0.3) is 10.9 Å². The first kappa shape index (κ1) is 24.4. The lowest BCUT2D eigenvalue weighted by Gasteiger charge is -2.24. The Morgan fingerprint density at radius 3 is 2.18 bits per heavy atom. The Bertz CT molecular complexity index is 1280. The first-order valence-corrected chi connectivity index (χ1v) is 11.1. The average molecular weight is 485 g/mol. The Kier molecular flexibility index (Phi) is 7.80. The summed E-state index contributed by atoms with van der Waals surface area (Å²) in [5.41, 5.74) is 0.790. The summed E-state index contributed by atoms with van der Waals surface area (Å²) in [5, 5.41) is 16.3. The minimum atomic E-state index is -1.13. The number of carboxylic acid groups (broad SMARTS) is 1. The number of aliphatic carboxylic acids is 1. The van der Waals surface area contributed by atoms with Gasteiger partial charge in [-0.05, 0) is 36.2 Å². The molecule has 6 nitrogen and oxygen atoms in total. The Labute approximate surface area is 201 Å². The van der Waals surface area contributed by atoms with Crippen LogP contribution in [0, 0.1) is 11.8 Å². The lowest BCUT2D eigenvalue weighted by atomic mass is 9.92. The van der Waals surface area contributed by atoms with Gasteiger partial charge in [0, 0.05) is 18.0 Å². The van der Waals surface area contributed by atoms with E-state index in [1.54, 1.807) is 49.4 Å². The molecule has 3 rings (SSSR count). The lowest BCUT2D eigenvalue weighted by molar-refractivity contribution is -0.138. The standard InChI is InChI=1S/C25H22Cl2N2O4/c1-3-13-28-21-22(24(31)23(21)30)29-20(25(32)33)14(2)16-10-7-15(8-11-16)9-12-17-18(26)5-4-6-19(17)27/h4-8,10-11,14,20,28-29H,3,13H2,1-2H3,(H,32,33). The molecule has 3 N–H and O–H groups in total. The molecule has 0 fully saturated rings. The van der Waals surface area contributed by atoms with Gasteiger partial charge < -0.3 is 15.7 Å². The van der Waals surface area contributed by atoms with Crippen LogP contribution in [0.4, 0.5) is 11.4 Å². The Morgan fingerprint density at radius 2 is 1.61 bits per heavy atom. The van der Waals surface area contributed by atoms with Gasteiger partial charge in [-0.2, -0.15) is 0 Å². The number of carbonyl (C=O) groups is 1. The van der Waals surface area contributed by atoms with Gasteiger partial charge in [-0.3, -0.25) is 9.59 Å². The molecule has 0 aliphatic heterocycles. The van der Waals surface area contributed by atoms with E-state index in [4.69, 9.17) is 23.2 Å². The van der Waals surface area contributed by atoms with Gasteiger partial charge in [0.15, 0.2) is 0 Å². The van der Waals surface area contributed by atoms with Gasteiger partial charge in [-0.25, -0.2) is 4.79 Å². The molecule has 0 aliphatic rings. The third-order valence-corrected chi connectivity index (χ3v) is 5.89. The third kappa shape index (κ3) is 5.39. The highest BCUT2D eigenvalue weighted by Crippen LogP contribution is 2.26. The van der Waals surface area contributed by atoms with Crippen LogP contribution in [0.15, 0.2) is 52.1 Å². The van der Waals surface area contributed by atoms with Crippen LogP contribution in [0.2, 0.25) is 10.0 Å². The SMILES string of the molecule is CCCNc1c(NC(C(=O)O)C(C)c2ccc(C#Cc3c(Cl)cccc3Cl)cc2)c(=O)c1=O. The van der Waals surface area contributed by atoms with Crippen LogP contribution in [0.25, 0.3) is 0 Å². The molecule has 2 unspecified atom stereocenters. The monoisotopic (exact) mass is 484 g/mol. The fourth-order valence-corrected chi connectivity index (χ4v) is 3.81. The van der Waals surface area contributed by atoms with Crippen LogP contribution in [-0.2, 0) is 4.79 Å². The van der Waals surface area contributed by atoms with Crippen molar-refractivity contribution in [2.75, 3.05) is 17.2 Å². The second-order valence-electron chi connectivity index (χ2n) is 7.55. The number of halogens is 2. The van der Waals surface area contributed by atoms with E-state index in [1.165, 1.54) is 0 Å². The summed E-state index contributed by atoms with van der Waals surface area (Å²) in [4.78, 5) is 35.8. The van der Waals surface area contributed by atoms with E-state index in [0.29, 0.717) is 27.7 Å². The topological polar surface area (TPSA) is 95.5 Å². The van der Waals surface area contributed by atoms with Crippen LogP contribution in [0.3, 0.4) is 0 Å². The molecule has 3 aromatic rings. The molecule has 0 saturated carbocycles. The number of hydrogen-bond donors (Lipinski definition) is 3. The van der Waals surface area contributed by atoms with Crippen LogP contribution in [-0.4, -0.2) is 23.7 Å². The van der Waals surface area contributed by atoms with E-state index in [0.717, 1.165) is 12.0 Å². The summed E-state index contributed by atoms with van der Waals surface area (Å²) in [6.07, 6.45) is 0.759. The first-order chi connectivity index (χ1) is 15.7. The maximum atomic E-state index is 12.0. The van der Waals surface area contributed by atoms with Crippen molar-refractivity contribution in [3.63, 3.8) is 0 Å². The molecule has 0 amide bonds. The maximum Gasteiger partial charge on any atom is 0.326 e. The Hall–Kier alpha value is -3.27. The summed E-state index contributed by atoms with van der Waals surface area (Å²) < 4.78 is 0. The summed E-state index contributed by atoms with van der Waals surface area (Å²) in [7, 11) is 0. The van der Waals surface area contributed by atoms with E-state index in [-0.39, 0.29) is 11.4 Å². The van der Waals surface area contributed by atoms with Crippen molar-refractivity contribution in [1.29, 1.82) is 0 Å². The molecular formula is C25H22Cl2N2O4. The lowest BCUT2D eigenvalue weighted by Crippen LogP contribution is -2.43. The van der Waals surface area contributed by atoms with Gasteiger partial charge in [-0.15, -0.1) is 0 Å². The molecule has 3 aromatic carbocycles. The minimum absolute atomic E-state index is 0.0202. The number of rotatable bonds is 8. The molecule has 0 bridgehead atoms. The van der Waals surface area contributed by atoms with E-state index in [2.05, 4.69) is 22.5 Å². The molecule has 170 valence electrons. The number of hydrogen-bond acceptors (Lipinski definition) is 5. The largest absolute Gasteiger partial charge is 0.480 e. The van der Waals surface area contributed by atoms with Crippen molar-refractivity contribution in [3.8, 4) is 11.8 Å². The fraction of sp³-hybridized carbons (Fsp3) is 0.240. The van der Waals surface area contributed by atoms with Gasteiger partial charge >= 0.3 is 5.97 Å². The van der Waals surface area contributed by atoms with Crippen molar-refractivity contribution in [1.82, 2.24) is 0 Å². The molecule has 33 heavy (non-hydrogen) atoms. The zero-order valence-corrected chi connectivity index (χ0v) is 19.6. The average Bonchev–Trinajstić information content (AvgIpc) is 2.80. The molecule has 2 atom stereocenters. The molecule has 0 aliphatic carbocycles. The van der Waals surface area contributed by atoms with Gasteiger partial charge in [-0.1, -0.05) is 67.1 Å². The summed E-state index contributed by atoms with van der Waals surface area (Å²) >= 11 is 12.3. The van der Waals surface area contributed by atoms with Crippen molar-refractivity contribution < 1.29 is 9.90 Å². The highest BCUT2D eigenvalue weighted by atomic mass is 35.5. The van der Waals surface area contributed by atoms with E-state index in [1.807, 2.05) is 6.92 Å². The van der Waals surface area contributed by atoms with Crippen LogP contribution in [0.1, 0.15) is 42.9 Å². The van der Waals surface area contributed by atoms with Crippen LogP contribution in [0.5, 0.6) is 0 Å². The van der Waals surface area contributed by atoms with E-state index < -0.39 is 28.8 Å². The summed E-state index contributed by atoms with van der Waals surface area (Å²) in [6.45, 7) is 4.17. The van der Waals surface area contributed by atoms with Gasteiger partial charge in [0.1, 0.15) is 17.4 Å². The first-order valence-electron chi connectivity index (χ1n) is 10.4. The highest BCUT2D eigenvalue weighted by molar-refractivity contribution is 6.36. The van der Waals surface area contributed by atoms with Crippen molar-refractivity contribution in [2.24, 2.45) is 0 Å². The molecule has 8 heteroatoms. The zero-order valence-electron chi connectivity index (χ0n) is 18.0. The Balaban J connectivity index is 1.80. The number of anilines is 2. The Morgan fingerprint density at radius 1 is 1.00 bits per heavy atom. The molecular weight excluding hydrogens is 463 g/mol. The predicted molar refractivity (Wildman–Crippen MR) is 132 cm³/mol. The van der Waals surface area contributed by atoms with Crippen molar-refractivity contribution >= 4 is 40.5 Å². The maximum absolute atomic E-state index is 12.0. The molecule has 0 aromatic heterocycles. The number of nitrogens with one attached hydrogen (secondary N) is 2.